The molecule has 4 aromatic carbocycles. The fourth-order valence-electron chi connectivity index (χ4n) is 6.15. The number of rotatable bonds is 1. The Labute approximate surface area is 236 Å². The largest absolute Gasteiger partial charge is 0.507 e. The molecule has 6 N–H and O–H groups in total. The van der Waals surface area contributed by atoms with Crippen molar-refractivity contribution < 1.29 is 40.2 Å². The average molecular weight is 579 g/mol. The number of aromatic hydroxyl groups is 6. The first kappa shape index (κ1) is 25.9. The minimum absolute atomic E-state index is 0.119. The summed E-state index contributed by atoms with van der Waals surface area (Å²) in [6.07, 6.45) is 0. The van der Waals surface area contributed by atoms with Crippen LogP contribution in [0.1, 0.15) is 77.1 Å². The lowest BCUT2D eigenvalue weighted by molar-refractivity contribution is 0.101. The summed E-state index contributed by atoms with van der Waals surface area (Å²) in [4.78, 5) is 27.4. The highest BCUT2D eigenvalue weighted by Gasteiger charge is 2.46. The summed E-state index contributed by atoms with van der Waals surface area (Å²) in [6.45, 7) is 3.40. The molecule has 0 amide bonds. The van der Waals surface area contributed by atoms with E-state index in [0.717, 1.165) is 0 Å². The van der Waals surface area contributed by atoms with Crippen molar-refractivity contribution in [2.75, 3.05) is 0 Å². The van der Waals surface area contributed by atoms with Gasteiger partial charge in [-0.15, -0.1) is 0 Å². The highest BCUT2D eigenvalue weighted by molar-refractivity contribution is 6.35. The van der Waals surface area contributed by atoms with Gasteiger partial charge in [0.05, 0.1) is 22.3 Å². The molecule has 2 aliphatic carbocycles. The molecule has 10 heteroatoms. The third-order valence-corrected chi connectivity index (χ3v) is 8.41. The molecule has 0 bridgehead atoms. The lowest BCUT2D eigenvalue weighted by Crippen LogP contribution is -2.30. The van der Waals surface area contributed by atoms with E-state index >= 15 is 0 Å². The average Bonchev–Trinajstić information content (AvgIpc) is 2.86. The van der Waals surface area contributed by atoms with Crippen molar-refractivity contribution in [2.24, 2.45) is 0 Å². The van der Waals surface area contributed by atoms with Crippen LogP contribution < -0.4 is 0 Å². The van der Waals surface area contributed by atoms with E-state index in [9.17, 15) is 40.2 Å². The third kappa shape index (κ3) is 3.33. The molecule has 0 radical (unpaired) electrons. The van der Waals surface area contributed by atoms with E-state index < -0.39 is 56.4 Å². The molecular formula is C30H20Cl2O8. The third-order valence-electron chi connectivity index (χ3n) is 7.67. The first-order valence-electron chi connectivity index (χ1n) is 12.1. The molecule has 0 aromatic heterocycles. The van der Waals surface area contributed by atoms with Gasteiger partial charge in [-0.1, -0.05) is 35.3 Å². The maximum atomic E-state index is 13.7. The van der Waals surface area contributed by atoms with Gasteiger partial charge >= 0.3 is 0 Å². The van der Waals surface area contributed by atoms with Gasteiger partial charge in [-0.3, -0.25) is 9.59 Å². The van der Waals surface area contributed by atoms with Gasteiger partial charge in [0, 0.05) is 11.8 Å². The molecule has 0 aliphatic heterocycles. The topological polar surface area (TPSA) is 156 Å². The van der Waals surface area contributed by atoms with Crippen LogP contribution in [-0.4, -0.2) is 42.2 Å². The molecule has 202 valence electrons. The van der Waals surface area contributed by atoms with Crippen molar-refractivity contribution in [1.29, 1.82) is 0 Å². The zero-order valence-corrected chi connectivity index (χ0v) is 22.4. The zero-order chi connectivity index (χ0) is 28.9. The molecule has 0 fully saturated rings. The van der Waals surface area contributed by atoms with Crippen molar-refractivity contribution in [2.45, 2.75) is 25.7 Å². The lowest BCUT2D eigenvalue weighted by atomic mass is 9.63. The molecule has 2 atom stereocenters. The Hall–Kier alpha value is -4.40. The summed E-state index contributed by atoms with van der Waals surface area (Å²) in [6, 6.07) is 8.54. The summed E-state index contributed by atoms with van der Waals surface area (Å²) < 4.78 is 0. The summed E-state index contributed by atoms with van der Waals surface area (Å²) >= 11 is 12.2. The summed E-state index contributed by atoms with van der Waals surface area (Å²) in [5.74, 6) is -6.63. The molecule has 6 rings (SSSR count). The van der Waals surface area contributed by atoms with Gasteiger partial charge in [0.1, 0.15) is 44.5 Å². The minimum atomic E-state index is -1.01. The number of aryl methyl sites for hydroxylation is 2. The predicted octanol–water partition coefficient (Wildman–Crippen LogP) is 5.90. The molecule has 0 unspecified atom stereocenters. The van der Waals surface area contributed by atoms with Crippen LogP contribution in [0.5, 0.6) is 34.5 Å². The molecule has 0 spiro atoms. The van der Waals surface area contributed by atoms with Crippen LogP contribution in [-0.2, 0) is 0 Å². The fraction of sp³-hybridized carbons (Fsp3) is 0.133. The second-order valence-corrected chi connectivity index (χ2v) is 10.9. The molecule has 0 heterocycles. The van der Waals surface area contributed by atoms with E-state index in [2.05, 4.69) is 0 Å². The van der Waals surface area contributed by atoms with Gasteiger partial charge in [0.25, 0.3) is 0 Å². The normalized spacial score (nSPS) is 17.2. The highest BCUT2D eigenvalue weighted by Crippen LogP contribution is 2.58. The number of phenols is 6. The number of fused-ring (bicyclic) bond motifs is 4. The summed E-state index contributed by atoms with van der Waals surface area (Å²) in [5.41, 5.74) is 1.21. The van der Waals surface area contributed by atoms with Gasteiger partial charge in [-0.25, -0.2) is 0 Å². The maximum Gasteiger partial charge on any atom is 0.201 e. The van der Waals surface area contributed by atoms with Gasteiger partial charge in [-0.05, 0) is 71.5 Å². The predicted molar refractivity (Wildman–Crippen MR) is 146 cm³/mol. The number of halogens is 2. The number of carbonyl (C=O) groups is 2. The van der Waals surface area contributed by atoms with E-state index in [4.69, 9.17) is 23.2 Å². The van der Waals surface area contributed by atoms with Crippen LogP contribution in [0, 0.1) is 13.8 Å². The van der Waals surface area contributed by atoms with E-state index in [1.807, 2.05) is 0 Å². The molecule has 40 heavy (non-hydrogen) atoms. The van der Waals surface area contributed by atoms with Crippen LogP contribution >= 0.6 is 23.2 Å². The van der Waals surface area contributed by atoms with Gasteiger partial charge < -0.3 is 30.6 Å². The number of hydrogen-bond donors (Lipinski definition) is 6. The minimum Gasteiger partial charge on any atom is -0.507 e. The Kier molecular flexibility index (Phi) is 5.53. The SMILES string of the molecule is Cc1cc(O)c2c(c1)[C@H]([C@H]1c3cc(C)cc(O)c3C(=O)c3c1cc(O)c(Cl)c3O)c1cc(O)c(Cl)c(O)c1C2=O. The number of ketones is 2. The molecule has 0 saturated heterocycles. The summed E-state index contributed by atoms with van der Waals surface area (Å²) in [7, 11) is 0. The Morgan fingerprint density at radius 2 is 0.825 bits per heavy atom. The number of phenolic OH excluding ortho intramolecular Hbond substituents is 6. The van der Waals surface area contributed by atoms with Crippen molar-refractivity contribution in [3.05, 3.63) is 102 Å². The lowest BCUT2D eigenvalue weighted by Gasteiger charge is -2.39. The zero-order valence-electron chi connectivity index (χ0n) is 20.9. The fourth-order valence-corrected chi connectivity index (χ4v) is 6.45. The Balaban J connectivity index is 1.82. The van der Waals surface area contributed by atoms with E-state index in [-0.39, 0.29) is 44.9 Å². The van der Waals surface area contributed by atoms with Crippen LogP contribution in [0.25, 0.3) is 0 Å². The van der Waals surface area contributed by atoms with Crippen LogP contribution in [0.3, 0.4) is 0 Å². The van der Waals surface area contributed by atoms with Crippen molar-refractivity contribution in [3.8, 4) is 34.5 Å². The van der Waals surface area contributed by atoms with Crippen LogP contribution in [0.15, 0.2) is 36.4 Å². The second-order valence-electron chi connectivity index (χ2n) is 10.2. The van der Waals surface area contributed by atoms with Crippen molar-refractivity contribution in [3.63, 3.8) is 0 Å². The van der Waals surface area contributed by atoms with Gasteiger partial charge in [-0.2, -0.15) is 0 Å². The Morgan fingerprint density at radius 1 is 0.500 bits per heavy atom. The molecule has 8 nitrogen and oxygen atoms in total. The monoisotopic (exact) mass is 578 g/mol. The Morgan fingerprint density at radius 3 is 1.18 bits per heavy atom. The van der Waals surface area contributed by atoms with E-state index in [0.29, 0.717) is 22.3 Å². The molecule has 0 saturated carbocycles. The first-order valence-corrected chi connectivity index (χ1v) is 12.8. The smallest absolute Gasteiger partial charge is 0.201 e. The second kappa shape index (κ2) is 8.55. The number of benzene rings is 4. The standard InChI is InChI=1S/C30H20Cl2O8/c1-9-3-11-19(13-7-17(35)25(31)29(39)23(13)27(37)21(11)15(33)5-9)20-12-4-10(2)6-16(34)22(12)28(38)24-14(20)8-18(36)26(32)30(24)40/h3-8,19-20,33-36,39-40H,1-2H3/t19-,20-/m0/s1. The van der Waals surface area contributed by atoms with Gasteiger partial charge in [0.2, 0.25) is 11.6 Å². The highest BCUT2D eigenvalue weighted by atomic mass is 35.5. The van der Waals surface area contributed by atoms with Gasteiger partial charge in [0.15, 0.2) is 0 Å². The quantitative estimate of drug-likeness (QED) is 0.163. The van der Waals surface area contributed by atoms with Crippen LogP contribution in [0.2, 0.25) is 10.0 Å². The molecule has 2 aliphatic rings. The van der Waals surface area contributed by atoms with Crippen molar-refractivity contribution >= 4 is 34.8 Å². The number of hydrogen-bond acceptors (Lipinski definition) is 8. The summed E-state index contributed by atoms with van der Waals surface area (Å²) in [5, 5.41) is 64.1. The molecule has 4 aromatic rings. The first-order chi connectivity index (χ1) is 18.8. The molecular weight excluding hydrogens is 559 g/mol. The van der Waals surface area contributed by atoms with E-state index in [1.165, 1.54) is 24.3 Å². The van der Waals surface area contributed by atoms with Crippen LogP contribution in [0.4, 0.5) is 0 Å². The van der Waals surface area contributed by atoms with Crippen molar-refractivity contribution in [1.82, 2.24) is 0 Å². The maximum absolute atomic E-state index is 13.7. The number of carbonyl (C=O) groups excluding carboxylic acids is 2. The Bertz CT molecular complexity index is 1730. The van der Waals surface area contributed by atoms with E-state index in [1.54, 1.807) is 26.0 Å².